The highest BCUT2D eigenvalue weighted by molar-refractivity contribution is 6.35. The smallest absolute Gasteiger partial charge is 0.290 e. The number of hydrogen-bond acceptors (Lipinski definition) is 4. The van der Waals surface area contributed by atoms with Gasteiger partial charge >= 0.3 is 0 Å². The lowest BCUT2D eigenvalue weighted by Crippen LogP contribution is -2.57. The van der Waals surface area contributed by atoms with E-state index in [1.54, 1.807) is 4.90 Å². The van der Waals surface area contributed by atoms with Crippen molar-refractivity contribution in [3.05, 3.63) is 35.9 Å². The van der Waals surface area contributed by atoms with Crippen molar-refractivity contribution in [1.82, 2.24) is 4.90 Å². The predicted molar refractivity (Wildman–Crippen MR) is 101 cm³/mol. The summed E-state index contributed by atoms with van der Waals surface area (Å²) in [6.07, 6.45) is 6.25. The Bertz CT molecular complexity index is 611. The summed E-state index contributed by atoms with van der Waals surface area (Å²) in [6, 6.07) is 10.4. The van der Waals surface area contributed by atoms with Gasteiger partial charge in [-0.1, -0.05) is 30.3 Å². The van der Waals surface area contributed by atoms with Crippen molar-refractivity contribution in [2.45, 2.75) is 69.6 Å². The summed E-state index contributed by atoms with van der Waals surface area (Å²) in [4.78, 5) is 25.3. The second-order valence-electron chi connectivity index (χ2n) is 7.65. The number of nitrogens with two attached hydrogens (primary N) is 1. The van der Waals surface area contributed by atoms with Crippen molar-refractivity contribution in [1.29, 1.82) is 0 Å². The topological polar surface area (TPSA) is 72.6 Å². The van der Waals surface area contributed by atoms with Gasteiger partial charge in [0.25, 0.3) is 5.91 Å². The number of likely N-dealkylation sites (tertiary alicyclic amines) is 1. The highest BCUT2D eigenvalue weighted by Gasteiger charge is 2.35. The normalized spacial score (nSPS) is 29.4. The number of hydrogen-bond donors (Lipinski definition) is 1. The summed E-state index contributed by atoms with van der Waals surface area (Å²) in [5.41, 5.74) is 7.65. The van der Waals surface area contributed by atoms with Crippen LogP contribution in [0.3, 0.4) is 0 Å². The molecular formula is C21H30N2O3. The summed E-state index contributed by atoms with van der Waals surface area (Å²) in [7, 11) is 0. The number of nitrogens with zero attached hydrogens (tertiary/aromatic N) is 1. The van der Waals surface area contributed by atoms with Crippen molar-refractivity contribution in [3.8, 4) is 0 Å². The molecule has 1 heterocycles. The molecule has 142 valence electrons. The van der Waals surface area contributed by atoms with Gasteiger partial charge in [-0.05, 0) is 50.0 Å². The monoisotopic (exact) mass is 358 g/mol. The lowest BCUT2D eigenvalue weighted by molar-refractivity contribution is -0.148. The first-order chi connectivity index (χ1) is 12.6. The van der Waals surface area contributed by atoms with E-state index in [9.17, 15) is 9.59 Å². The van der Waals surface area contributed by atoms with Gasteiger partial charge < -0.3 is 15.4 Å². The Morgan fingerprint density at radius 2 is 1.81 bits per heavy atom. The fourth-order valence-electron chi connectivity index (χ4n) is 4.28. The molecule has 2 N–H and O–H groups in total. The SMILES string of the molecule is CC(=O)C(=O)N1CCC[C@H](N)[C@@H]1CO[C@H]1CC[C@@H](c2ccccc2)CC1. The van der Waals surface area contributed by atoms with Crippen LogP contribution in [0.25, 0.3) is 0 Å². The molecular weight excluding hydrogens is 328 g/mol. The Morgan fingerprint density at radius 3 is 2.46 bits per heavy atom. The minimum Gasteiger partial charge on any atom is -0.376 e. The zero-order chi connectivity index (χ0) is 18.5. The fourth-order valence-corrected chi connectivity index (χ4v) is 4.28. The van der Waals surface area contributed by atoms with Crippen LogP contribution in [-0.2, 0) is 14.3 Å². The van der Waals surface area contributed by atoms with E-state index in [4.69, 9.17) is 10.5 Å². The molecule has 1 aliphatic carbocycles. The molecule has 5 heteroatoms. The number of amides is 1. The third-order valence-electron chi connectivity index (χ3n) is 5.84. The van der Waals surface area contributed by atoms with Crippen LogP contribution in [-0.4, -0.2) is 47.9 Å². The van der Waals surface area contributed by atoms with E-state index in [0.29, 0.717) is 19.1 Å². The van der Waals surface area contributed by atoms with Crippen molar-refractivity contribution in [2.24, 2.45) is 5.73 Å². The van der Waals surface area contributed by atoms with Crippen LogP contribution in [0, 0.1) is 0 Å². The summed E-state index contributed by atoms with van der Waals surface area (Å²) in [6.45, 7) is 2.35. The number of piperidine rings is 1. The molecule has 2 atom stereocenters. The average molecular weight is 358 g/mol. The lowest BCUT2D eigenvalue weighted by atomic mass is 9.83. The summed E-state index contributed by atoms with van der Waals surface area (Å²) < 4.78 is 6.15. The number of carbonyl (C=O) groups is 2. The van der Waals surface area contributed by atoms with Gasteiger partial charge in [0.2, 0.25) is 5.78 Å². The van der Waals surface area contributed by atoms with Crippen LogP contribution in [0.5, 0.6) is 0 Å². The minimum absolute atomic E-state index is 0.118. The molecule has 0 aromatic heterocycles. The van der Waals surface area contributed by atoms with Gasteiger partial charge in [0, 0.05) is 19.5 Å². The number of rotatable bonds is 5. The molecule has 1 saturated carbocycles. The predicted octanol–water partition coefficient (Wildman–Crippen LogP) is 2.64. The van der Waals surface area contributed by atoms with Crippen LogP contribution in [0.2, 0.25) is 0 Å². The van der Waals surface area contributed by atoms with Gasteiger partial charge in [-0.3, -0.25) is 9.59 Å². The lowest BCUT2D eigenvalue weighted by Gasteiger charge is -2.40. The molecule has 26 heavy (non-hydrogen) atoms. The van der Waals surface area contributed by atoms with E-state index >= 15 is 0 Å². The van der Waals surface area contributed by atoms with Crippen molar-refractivity contribution in [3.63, 3.8) is 0 Å². The molecule has 5 nitrogen and oxygen atoms in total. The molecule has 1 amide bonds. The second kappa shape index (κ2) is 8.78. The summed E-state index contributed by atoms with van der Waals surface area (Å²) in [5, 5.41) is 0. The van der Waals surface area contributed by atoms with E-state index in [0.717, 1.165) is 38.5 Å². The zero-order valence-corrected chi connectivity index (χ0v) is 15.6. The Balaban J connectivity index is 1.51. The summed E-state index contributed by atoms with van der Waals surface area (Å²) >= 11 is 0. The van der Waals surface area contributed by atoms with Crippen LogP contribution >= 0.6 is 0 Å². The largest absolute Gasteiger partial charge is 0.376 e. The molecule has 2 aliphatic rings. The number of benzene rings is 1. The zero-order valence-electron chi connectivity index (χ0n) is 15.6. The van der Waals surface area contributed by atoms with Gasteiger partial charge in [-0.2, -0.15) is 0 Å². The van der Waals surface area contributed by atoms with E-state index in [2.05, 4.69) is 30.3 Å². The maximum atomic E-state index is 12.2. The first kappa shape index (κ1) is 19.1. The second-order valence-corrected chi connectivity index (χ2v) is 7.65. The maximum Gasteiger partial charge on any atom is 0.290 e. The number of ether oxygens (including phenoxy) is 1. The summed E-state index contributed by atoms with van der Waals surface area (Å²) in [5.74, 6) is -0.238. The van der Waals surface area contributed by atoms with E-state index in [-0.39, 0.29) is 18.2 Å². The van der Waals surface area contributed by atoms with Gasteiger partial charge in [0.15, 0.2) is 0 Å². The fraction of sp³-hybridized carbons (Fsp3) is 0.619. The quantitative estimate of drug-likeness (QED) is 0.821. The van der Waals surface area contributed by atoms with Gasteiger partial charge in [0.1, 0.15) is 0 Å². The highest BCUT2D eigenvalue weighted by Crippen LogP contribution is 2.34. The van der Waals surface area contributed by atoms with Crippen molar-refractivity contribution in [2.75, 3.05) is 13.2 Å². The molecule has 1 aliphatic heterocycles. The van der Waals surface area contributed by atoms with E-state index in [1.165, 1.54) is 12.5 Å². The van der Waals surface area contributed by atoms with Gasteiger partial charge in [-0.15, -0.1) is 0 Å². The molecule has 0 unspecified atom stereocenters. The van der Waals surface area contributed by atoms with Gasteiger partial charge in [-0.25, -0.2) is 0 Å². The van der Waals surface area contributed by atoms with E-state index in [1.807, 2.05) is 0 Å². The molecule has 0 bridgehead atoms. The Kier molecular flexibility index (Phi) is 6.43. The van der Waals surface area contributed by atoms with Crippen LogP contribution in [0.15, 0.2) is 30.3 Å². The third kappa shape index (κ3) is 4.51. The Hall–Kier alpha value is -1.72. The molecule has 1 aromatic rings. The van der Waals surface area contributed by atoms with Gasteiger partial charge in [0.05, 0.1) is 18.8 Å². The molecule has 1 saturated heterocycles. The first-order valence-electron chi connectivity index (χ1n) is 9.80. The van der Waals surface area contributed by atoms with Crippen molar-refractivity contribution >= 4 is 11.7 Å². The maximum absolute atomic E-state index is 12.2. The molecule has 2 fully saturated rings. The molecule has 0 spiro atoms. The van der Waals surface area contributed by atoms with Crippen LogP contribution in [0.4, 0.5) is 0 Å². The number of carbonyl (C=O) groups excluding carboxylic acids is 2. The van der Waals surface area contributed by atoms with Crippen LogP contribution < -0.4 is 5.73 Å². The Labute approximate surface area is 155 Å². The number of Topliss-reactive ketones (excluding diaryl/α,β-unsaturated/α-hetero) is 1. The number of ketones is 1. The minimum atomic E-state index is -0.429. The highest BCUT2D eigenvalue weighted by atomic mass is 16.5. The standard InChI is InChI=1S/C21H30N2O3/c1-15(24)21(25)23-13-5-8-19(22)20(23)14-26-18-11-9-17(10-12-18)16-6-3-2-4-7-16/h2-4,6-7,17-20H,5,8-14,22H2,1H3/t17-,18+,19-,20-/m0/s1. The molecule has 0 radical (unpaired) electrons. The van der Waals surface area contributed by atoms with Crippen molar-refractivity contribution < 1.29 is 14.3 Å². The Morgan fingerprint density at radius 1 is 1.12 bits per heavy atom. The third-order valence-corrected chi connectivity index (χ3v) is 5.84. The first-order valence-corrected chi connectivity index (χ1v) is 9.80. The average Bonchev–Trinajstić information content (AvgIpc) is 2.67. The van der Waals surface area contributed by atoms with E-state index < -0.39 is 11.7 Å². The molecule has 1 aromatic carbocycles. The van der Waals surface area contributed by atoms with Crippen LogP contribution in [0.1, 0.15) is 56.9 Å². The molecule has 3 rings (SSSR count).